The molecule has 0 spiro atoms. The molecule has 0 radical (unpaired) electrons. The molecule has 118 valence electrons. The number of anilines is 1. The quantitative estimate of drug-likeness (QED) is 0.529. The fourth-order valence-corrected chi connectivity index (χ4v) is 1.63. The van der Waals surface area contributed by atoms with Crippen LogP contribution >= 0.6 is 0 Å². The second-order valence-corrected chi connectivity index (χ2v) is 4.39. The highest BCUT2D eigenvalue weighted by molar-refractivity contribution is 5.92. The first kappa shape index (κ1) is 16.2. The van der Waals surface area contributed by atoms with E-state index in [1.54, 1.807) is 24.3 Å². The molecule has 1 unspecified atom stereocenters. The highest BCUT2D eigenvalue weighted by Gasteiger charge is 2.09. The van der Waals surface area contributed by atoms with Crippen LogP contribution in [0, 0.1) is 11.8 Å². The molecule has 1 heterocycles. The van der Waals surface area contributed by atoms with Gasteiger partial charge in [0.25, 0.3) is 5.91 Å². The van der Waals surface area contributed by atoms with Gasteiger partial charge in [-0.1, -0.05) is 16.9 Å². The average Bonchev–Trinajstić information content (AvgIpc) is 3.02. The van der Waals surface area contributed by atoms with Crippen molar-refractivity contribution in [2.45, 2.75) is 13.0 Å². The lowest BCUT2D eigenvalue weighted by molar-refractivity contribution is -0.125. The Morgan fingerprint density at radius 1 is 1.39 bits per heavy atom. The molecule has 23 heavy (non-hydrogen) atoms. The summed E-state index contributed by atoms with van der Waals surface area (Å²) in [5, 5.41) is 12.7. The van der Waals surface area contributed by atoms with E-state index in [1.165, 1.54) is 0 Å². The molecule has 2 rings (SSSR count). The van der Waals surface area contributed by atoms with Gasteiger partial charge in [0.05, 0.1) is 0 Å². The van der Waals surface area contributed by atoms with Gasteiger partial charge in [0.2, 0.25) is 12.3 Å². The maximum atomic E-state index is 11.3. The van der Waals surface area contributed by atoms with Crippen LogP contribution < -0.4 is 16.4 Å². The summed E-state index contributed by atoms with van der Waals surface area (Å²) in [6, 6.07) is 6.30. The molecule has 0 aliphatic carbocycles. The molecule has 4 N–H and O–H groups in total. The van der Waals surface area contributed by atoms with Crippen molar-refractivity contribution in [3.05, 3.63) is 29.8 Å². The smallest absolute Gasteiger partial charge is 0.315 e. The summed E-state index contributed by atoms with van der Waals surface area (Å²) < 4.78 is 5.43. The average molecular weight is 313 g/mol. The van der Waals surface area contributed by atoms with Crippen molar-refractivity contribution in [3.8, 4) is 23.3 Å². The number of hydrogen-bond acceptors (Lipinski definition) is 7. The van der Waals surface area contributed by atoms with Crippen LogP contribution in [0.3, 0.4) is 0 Å². The Morgan fingerprint density at radius 2 is 2.13 bits per heavy atom. The summed E-state index contributed by atoms with van der Waals surface area (Å²) in [6.07, 6.45) is 0.269. The molecule has 2 aromatic rings. The Bertz CT molecular complexity index is 742. The van der Waals surface area contributed by atoms with Gasteiger partial charge in [-0.3, -0.25) is 14.9 Å². The van der Waals surface area contributed by atoms with Gasteiger partial charge >= 0.3 is 6.01 Å². The molecule has 8 nitrogen and oxygen atoms in total. The molecular formula is C15H15N5O3. The van der Waals surface area contributed by atoms with E-state index < -0.39 is 11.9 Å². The molecule has 0 saturated heterocycles. The normalized spacial score (nSPS) is 11.0. The first-order chi connectivity index (χ1) is 11.1. The van der Waals surface area contributed by atoms with E-state index in [-0.39, 0.29) is 6.41 Å². The van der Waals surface area contributed by atoms with Crippen LogP contribution in [0.5, 0.6) is 0 Å². The Balaban J connectivity index is 2.07. The molecule has 0 fully saturated rings. The largest absolute Gasteiger partial charge is 0.403 e. The van der Waals surface area contributed by atoms with Gasteiger partial charge < -0.3 is 15.5 Å². The van der Waals surface area contributed by atoms with E-state index in [1.807, 2.05) is 12.2 Å². The zero-order chi connectivity index (χ0) is 16.7. The molecule has 0 saturated carbocycles. The lowest BCUT2D eigenvalue weighted by Crippen LogP contribution is -2.38. The Morgan fingerprint density at radius 3 is 2.78 bits per heavy atom. The van der Waals surface area contributed by atoms with Crippen molar-refractivity contribution >= 4 is 18.3 Å². The van der Waals surface area contributed by atoms with E-state index in [0.29, 0.717) is 24.0 Å². The van der Waals surface area contributed by atoms with Crippen LogP contribution in [-0.2, 0) is 9.59 Å². The summed E-state index contributed by atoms with van der Waals surface area (Å²) in [5.41, 5.74) is 6.93. The van der Waals surface area contributed by atoms with Crippen molar-refractivity contribution in [1.29, 1.82) is 0 Å². The molecular weight excluding hydrogens is 298 g/mol. The van der Waals surface area contributed by atoms with Crippen LogP contribution in [0.2, 0.25) is 0 Å². The van der Waals surface area contributed by atoms with Crippen LogP contribution in [0.4, 0.5) is 6.01 Å². The molecule has 0 aliphatic rings. The van der Waals surface area contributed by atoms with Gasteiger partial charge in [0, 0.05) is 17.7 Å². The molecule has 1 aromatic heterocycles. The molecule has 1 aromatic carbocycles. The Labute approximate surface area is 132 Å². The van der Waals surface area contributed by atoms with Crippen molar-refractivity contribution in [1.82, 2.24) is 15.5 Å². The van der Waals surface area contributed by atoms with Crippen LogP contribution in [-0.4, -0.2) is 35.1 Å². The maximum Gasteiger partial charge on any atom is 0.315 e. The molecule has 8 heteroatoms. The summed E-state index contributed by atoms with van der Waals surface area (Å²) >= 11 is 0. The number of nitrogens with zero attached hydrogens (tertiary/aromatic N) is 2. The number of nitrogens with two attached hydrogens (primary N) is 1. The summed E-state index contributed by atoms with van der Waals surface area (Å²) in [4.78, 5) is 21.4. The van der Waals surface area contributed by atoms with E-state index in [4.69, 9.17) is 10.2 Å². The third kappa shape index (κ3) is 4.39. The van der Waals surface area contributed by atoms with Crippen LogP contribution in [0.1, 0.15) is 12.5 Å². The summed E-state index contributed by atoms with van der Waals surface area (Å²) in [7, 11) is 0. The maximum absolute atomic E-state index is 11.3. The van der Waals surface area contributed by atoms with Gasteiger partial charge in [-0.15, -0.1) is 5.10 Å². The Hall–Kier alpha value is -3.18. The molecule has 0 aliphatic heterocycles. The number of nitrogens with one attached hydrogen (secondary N) is 2. The number of imide groups is 1. The van der Waals surface area contributed by atoms with Crippen molar-refractivity contribution < 1.29 is 14.0 Å². The highest BCUT2D eigenvalue weighted by Crippen LogP contribution is 2.19. The van der Waals surface area contributed by atoms with Crippen molar-refractivity contribution in [2.24, 2.45) is 5.73 Å². The predicted molar refractivity (Wildman–Crippen MR) is 83.0 cm³/mol. The lowest BCUT2D eigenvalue weighted by Gasteiger charge is -2.00. The Kier molecular flexibility index (Phi) is 5.44. The fraction of sp³-hybridized carbons (Fsp3) is 0.200. The second kappa shape index (κ2) is 7.72. The van der Waals surface area contributed by atoms with Gasteiger partial charge in [-0.2, -0.15) is 0 Å². The van der Waals surface area contributed by atoms with Gasteiger partial charge in [-0.05, 0) is 31.2 Å². The number of benzene rings is 1. The van der Waals surface area contributed by atoms with E-state index >= 15 is 0 Å². The SMILES string of the molecule is CCNc1nnc(-c2ccc(C#CC(N)C(=O)NC=O)cc2)o1. The minimum absolute atomic E-state index is 0.269. The van der Waals surface area contributed by atoms with E-state index in [0.717, 1.165) is 5.56 Å². The fourth-order valence-electron chi connectivity index (χ4n) is 1.63. The number of carbonyl (C=O) groups is 2. The predicted octanol–water partition coefficient (Wildman–Crippen LogP) is 0.120. The molecule has 0 bridgehead atoms. The highest BCUT2D eigenvalue weighted by atomic mass is 16.4. The number of rotatable bonds is 5. The van der Waals surface area contributed by atoms with Crippen LogP contribution in [0.25, 0.3) is 11.5 Å². The van der Waals surface area contributed by atoms with Crippen molar-refractivity contribution in [2.75, 3.05) is 11.9 Å². The topological polar surface area (TPSA) is 123 Å². The number of hydrogen-bond donors (Lipinski definition) is 3. The second-order valence-electron chi connectivity index (χ2n) is 4.39. The third-order valence-corrected chi connectivity index (χ3v) is 2.74. The monoisotopic (exact) mass is 313 g/mol. The van der Waals surface area contributed by atoms with Crippen molar-refractivity contribution in [3.63, 3.8) is 0 Å². The van der Waals surface area contributed by atoms with Gasteiger partial charge in [-0.25, -0.2) is 0 Å². The standard InChI is InChI=1S/C15H15N5O3/c1-2-17-15-20-19-14(23-15)11-6-3-10(4-7-11)5-8-12(16)13(22)18-9-21/h3-4,6-7,9,12H,2,16H2,1H3,(H,17,20)(H,18,21,22). The minimum Gasteiger partial charge on any atom is -0.403 e. The number of amides is 2. The third-order valence-electron chi connectivity index (χ3n) is 2.74. The van der Waals surface area contributed by atoms with Crippen LogP contribution in [0.15, 0.2) is 28.7 Å². The minimum atomic E-state index is -1.07. The first-order valence-electron chi connectivity index (χ1n) is 6.83. The van der Waals surface area contributed by atoms with Gasteiger partial charge in [0.1, 0.15) is 6.04 Å². The van der Waals surface area contributed by atoms with Gasteiger partial charge in [0.15, 0.2) is 0 Å². The first-order valence-corrected chi connectivity index (χ1v) is 6.83. The summed E-state index contributed by atoms with van der Waals surface area (Å²) in [5.74, 6) is 5.06. The summed E-state index contributed by atoms with van der Waals surface area (Å²) in [6.45, 7) is 2.62. The number of aromatic nitrogens is 2. The number of carbonyl (C=O) groups excluding carboxylic acids is 2. The zero-order valence-electron chi connectivity index (χ0n) is 12.4. The molecule has 1 atom stereocenters. The zero-order valence-corrected chi connectivity index (χ0v) is 12.4. The van der Waals surface area contributed by atoms with E-state index in [2.05, 4.69) is 27.4 Å². The lowest BCUT2D eigenvalue weighted by atomic mass is 10.1. The molecule has 2 amide bonds. The van der Waals surface area contributed by atoms with E-state index in [9.17, 15) is 9.59 Å².